The van der Waals surface area contributed by atoms with Crippen LogP contribution in [0.1, 0.15) is 38.3 Å². The smallest absolute Gasteiger partial charge is 0.326 e. The maximum absolute atomic E-state index is 12.1. The molecule has 0 aliphatic rings. The number of nitrogens with one attached hydrogen (secondary N) is 1. The van der Waals surface area contributed by atoms with Crippen molar-refractivity contribution in [3.63, 3.8) is 0 Å². The zero-order valence-corrected chi connectivity index (χ0v) is 15.8. The Morgan fingerprint density at radius 3 is 2.54 bits per heavy atom. The van der Waals surface area contributed by atoms with Gasteiger partial charge in [0.15, 0.2) is 0 Å². The summed E-state index contributed by atoms with van der Waals surface area (Å²) >= 11 is 1.41. The minimum Gasteiger partial charge on any atom is -0.480 e. The molecule has 1 amide bonds. The molecule has 1 unspecified atom stereocenters. The summed E-state index contributed by atoms with van der Waals surface area (Å²) in [5.41, 5.74) is 1.91. The number of hydrogen-bond acceptors (Lipinski definition) is 4. The molecule has 0 spiro atoms. The molecule has 1 rings (SSSR count). The standard InChI is InChI=1S/C18H27NO4S/c1-12-6-7-13(2)15(10-12)24-11-16(20)19-14(17(21)22)8-9-23-18(3,4)5/h6-7,10,14H,8-9,11H2,1-5H3,(H,19,20)(H,21,22). The fourth-order valence-corrected chi connectivity index (χ4v) is 2.92. The zero-order chi connectivity index (χ0) is 18.3. The topological polar surface area (TPSA) is 75.6 Å². The molecule has 0 aliphatic heterocycles. The van der Waals surface area contributed by atoms with Crippen molar-refractivity contribution >= 4 is 23.6 Å². The summed E-state index contributed by atoms with van der Waals surface area (Å²) < 4.78 is 5.53. The van der Waals surface area contributed by atoms with Crippen molar-refractivity contribution in [1.82, 2.24) is 5.32 Å². The minimum atomic E-state index is -1.04. The Hall–Kier alpha value is -1.53. The number of rotatable bonds is 8. The highest BCUT2D eigenvalue weighted by atomic mass is 32.2. The molecule has 2 N–H and O–H groups in total. The van der Waals surface area contributed by atoms with Crippen LogP contribution < -0.4 is 5.32 Å². The van der Waals surface area contributed by atoms with Crippen molar-refractivity contribution < 1.29 is 19.4 Å². The molecule has 0 saturated carbocycles. The van der Waals surface area contributed by atoms with Crippen molar-refractivity contribution in [2.75, 3.05) is 12.4 Å². The summed E-state index contributed by atoms with van der Waals surface area (Å²) in [7, 11) is 0. The van der Waals surface area contributed by atoms with Crippen LogP contribution in [0.5, 0.6) is 0 Å². The second-order valence-corrected chi connectivity index (χ2v) is 7.78. The summed E-state index contributed by atoms with van der Waals surface area (Å²) in [5.74, 6) is -1.14. The molecule has 1 aromatic rings. The van der Waals surface area contributed by atoms with Crippen molar-refractivity contribution in [1.29, 1.82) is 0 Å². The lowest BCUT2D eigenvalue weighted by Crippen LogP contribution is -2.42. The van der Waals surface area contributed by atoms with Gasteiger partial charge in [0.25, 0.3) is 0 Å². The van der Waals surface area contributed by atoms with E-state index in [0.29, 0.717) is 0 Å². The number of aryl methyl sites for hydroxylation is 2. The molecule has 0 heterocycles. The van der Waals surface area contributed by atoms with E-state index in [0.717, 1.165) is 16.0 Å². The number of carboxylic acid groups (broad SMARTS) is 1. The Labute approximate surface area is 148 Å². The molecule has 134 valence electrons. The Morgan fingerprint density at radius 1 is 1.29 bits per heavy atom. The van der Waals surface area contributed by atoms with Gasteiger partial charge >= 0.3 is 5.97 Å². The quantitative estimate of drug-likeness (QED) is 0.702. The zero-order valence-electron chi connectivity index (χ0n) is 15.0. The van der Waals surface area contributed by atoms with Crippen LogP contribution in [0.2, 0.25) is 0 Å². The number of amides is 1. The first-order chi connectivity index (χ1) is 11.1. The van der Waals surface area contributed by atoms with E-state index in [1.165, 1.54) is 11.8 Å². The number of hydrogen-bond donors (Lipinski definition) is 2. The number of aliphatic carboxylic acids is 1. The van der Waals surface area contributed by atoms with Gasteiger partial charge in [-0.2, -0.15) is 0 Å². The first kappa shape index (κ1) is 20.5. The van der Waals surface area contributed by atoms with Gasteiger partial charge in [0.2, 0.25) is 5.91 Å². The maximum atomic E-state index is 12.1. The van der Waals surface area contributed by atoms with Crippen LogP contribution in [0.15, 0.2) is 23.1 Å². The van der Waals surface area contributed by atoms with Gasteiger partial charge in [-0.1, -0.05) is 17.7 Å². The first-order valence-corrected chi connectivity index (χ1v) is 8.93. The Morgan fingerprint density at radius 2 is 1.96 bits per heavy atom. The highest BCUT2D eigenvalue weighted by Gasteiger charge is 2.21. The lowest BCUT2D eigenvalue weighted by molar-refractivity contribution is -0.142. The van der Waals surface area contributed by atoms with Crippen LogP contribution in [0.4, 0.5) is 0 Å². The number of ether oxygens (including phenoxy) is 1. The molecular formula is C18H27NO4S. The van der Waals surface area contributed by atoms with Gasteiger partial charge in [-0.3, -0.25) is 4.79 Å². The molecule has 24 heavy (non-hydrogen) atoms. The lowest BCUT2D eigenvalue weighted by Gasteiger charge is -2.21. The normalized spacial score (nSPS) is 12.7. The second kappa shape index (κ2) is 9.08. The molecule has 0 radical (unpaired) electrons. The molecule has 5 nitrogen and oxygen atoms in total. The van der Waals surface area contributed by atoms with E-state index in [1.54, 1.807) is 0 Å². The lowest BCUT2D eigenvalue weighted by atomic mass is 10.2. The fourth-order valence-electron chi connectivity index (χ4n) is 1.98. The van der Waals surface area contributed by atoms with Crippen LogP contribution in [0.3, 0.4) is 0 Å². The van der Waals surface area contributed by atoms with Crippen LogP contribution >= 0.6 is 11.8 Å². The maximum Gasteiger partial charge on any atom is 0.326 e. The number of carbonyl (C=O) groups excluding carboxylic acids is 1. The third-order valence-electron chi connectivity index (χ3n) is 3.28. The molecule has 0 saturated heterocycles. The highest BCUT2D eigenvalue weighted by molar-refractivity contribution is 8.00. The third-order valence-corrected chi connectivity index (χ3v) is 4.43. The molecular weight excluding hydrogens is 326 g/mol. The van der Waals surface area contributed by atoms with E-state index in [2.05, 4.69) is 5.32 Å². The second-order valence-electron chi connectivity index (χ2n) is 6.77. The van der Waals surface area contributed by atoms with E-state index in [4.69, 9.17) is 4.74 Å². The van der Waals surface area contributed by atoms with Crippen LogP contribution in [0, 0.1) is 13.8 Å². The number of carbonyl (C=O) groups is 2. The summed E-state index contributed by atoms with van der Waals surface area (Å²) in [6.07, 6.45) is 0.243. The SMILES string of the molecule is Cc1ccc(C)c(SCC(=O)NC(CCOC(C)(C)C)C(=O)O)c1. The molecule has 1 atom stereocenters. The number of carboxylic acids is 1. The van der Waals surface area contributed by atoms with Gasteiger partial charge in [-0.05, 0) is 46.2 Å². The van der Waals surface area contributed by atoms with Gasteiger partial charge in [0, 0.05) is 17.9 Å². The van der Waals surface area contributed by atoms with Crippen LogP contribution in [-0.2, 0) is 14.3 Å². The van der Waals surface area contributed by atoms with E-state index in [9.17, 15) is 14.7 Å². The number of benzene rings is 1. The van der Waals surface area contributed by atoms with Gasteiger partial charge in [-0.25, -0.2) is 4.79 Å². The summed E-state index contributed by atoms with van der Waals surface area (Å²) in [4.78, 5) is 24.4. The van der Waals surface area contributed by atoms with E-state index < -0.39 is 12.0 Å². The monoisotopic (exact) mass is 353 g/mol. The predicted molar refractivity (Wildman–Crippen MR) is 96.5 cm³/mol. The molecule has 1 aromatic carbocycles. The Balaban J connectivity index is 2.50. The van der Waals surface area contributed by atoms with Crippen LogP contribution in [-0.4, -0.2) is 41.0 Å². The summed E-state index contributed by atoms with van der Waals surface area (Å²) in [6, 6.07) is 5.13. The van der Waals surface area contributed by atoms with E-state index in [1.807, 2.05) is 52.8 Å². The summed E-state index contributed by atoms with van der Waals surface area (Å²) in [6.45, 7) is 9.99. The Kier molecular flexibility index (Phi) is 7.76. The van der Waals surface area contributed by atoms with Crippen molar-refractivity contribution in [3.8, 4) is 0 Å². The van der Waals surface area contributed by atoms with Gasteiger partial charge in [0.05, 0.1) is 11.4 Å². The van der Waals surface area contributed by atoms with Crippen molar-refractivity contribution in [2.24, 2.45) is 0 Å². The molecule has 0 aromatic heterocycles. The van der Waals surface area contributed by atoms with E-state index in [-0.39, 0.29) is 30.3 Å². The van der Waals surface area contributed by atoms with E-state index >= 15 is 0 Å². The molecule has 0 aliphatic carbocycles. The van der Waals surface area contributed by atoms with Crippen molar-refractivity contribution in [3.05, 3.63) is 29.3 Å². The first-order valence-electron chi connectivity index (χ1n) is 7.94. The molecule has 6 heteroatoms. The fraction of sp³-hybridized carbons (Fsp3) is 0.556. The number of thioether (sulfide) groups is 1. The third kappa shape index (κ3) is 7.84. The summed E-state index contributed by atoms with van der Waals surface area (Å²) in [5, 5.41) is 11.8. The van der Waals surface area contributed by atoms with Gasteiger partial charge in [0.1, 0.15) is 6.04 Å². The van der Waals surface area contributed by atoms with Crippen molar-refractivity contribution in [2.45, 2.75) is 57.6 Å². The average molecular weight is 353 g/mol. The largest absolute Gasteiger partial charge is 0.480 e. The average Bonchev–Trinajstić information content (AvgIpc) is 2.45. The van der Waals surface area contributed by atoms with Gasteiger partial charge in [-0.15, -0.1) is 11.8 Å². The Bertz CT molecular complexity index is 581. The minimum absolute atomic E-state index is 0.189. The highest BCUT2D eigenvalue weighted by Crippen LogP contribution is 2.23. The molecule has 0 bridgehead atoms. The predicted octanol–water partition coefficient (Wildman–Crippen LogP) is 3.17. The van der Waals surface area contributed by atoms with Crippen LogP contribution in [0.25, 0.3) is 0 Å². The molecule has 0 fully saturated rings. The van der Waals surface area contributed by atoms with Gasteiger partial charge < -0.3 is 15.2 Å².